The molecule has 1 saturated heterocycles. The summed E-state index contributed by atoms with van der Waals surface area (Å²) in [5, 5.41) is 12.2. The number of carboxylic acids is 1. The SMILES string of the molecule is O=C(CC1CCCc2ccccc21)NC(C(=O)O)C1CCCOC1. The maximum Gasteiger partial charge on any atom is 0.326 e. The van der Waals surface area contributed by atoms with Gasteiger partial charge in [-0.15, -0.1) is 0 Å². The second-order valence-electron chi connectivity index (χ2n) is 6.85. The molecule has 0 radical (unpaired) electrons. The van der Waals surface area contributed by atoms with Gasteiger partial charge in [-0.3, -0.25) is 4.79 Å². The highest BCUT2D eigenvalue weighted by Gasteiger charge is 2.32. The van der Waals surface area contributed by atoms with Crippen molar-refractivity contribution in [2.24, 2.45) is 5.92 Å². The van der Waals surface area contributed by atoms with Crippen LogP contribution in [0.15, 0.2) is 24.3 Å². The summed E-state index contributed by atoms with van der Waals surface area (Å²) in [5.41, 5.74) is 2.56. The van der Waals surface area contributed by atoms with Crippen molar-refractivity contribution in [3.63, 3.8) is 0 Å². The molecule has 0 spiro atoms. The van der Waals surface area contributed by atoms with Gasteiger partial charge in [0.25, 0.3) is 0 Å². The number of hydrogen-bond donors (Lipinski definition) is 2. The minimum absolute atomic E-state index is 0.140. The van der Waals surface area contributed by atoms with Gasteiger partial charge in [0.1, 0.15) is 6.04 Å². The monoisotopic (exact) mass is 331 g/mol. The predicted molar refractivity (Wildman–Crippen MR) is 89.8 cm³/mol. The molecule has 1 aromatic rings. The number of aliphatic carboxylic acids is 1. The Labute approximate surface area is 142 Å². The van der Waals surface area contributed by atoms with E-state index >= 15 is 0 Å². The molecule has 1 amide bonds. The Bertz CT molecular complexity index is 595. The zero-order chi connectivity index (χ0) is 16.9. The molecular formula is C19H25NO4. The van der Waals surface area contributed by atoms with Gasteiger partial charge in [0.15, 0.2) is 0 Å². The van der Waals surface area contributed by atoms with Crippen molar-refractivity contribution in [3.05, 3.63) is 35.4 Å². The highest BCUT2D eigenvalue weighted by atomic mass is 16.5. The summed E-state index contributed by atoms with van der Waals surface area (Å²) >= 11 is 0. The third-order valence-electron chi connectivity index (χ3n) is 5.17. The number of nitrogens with one attached hydrogen (secondary N) is 1. The summed E-state index contributed by atoms with van der Waals surface area (Å²) in [6.45, 7) is 1.08. The third kappa shape index (κ3) is 3.96. The fourth-order valence-corrected chi connectivity index (χ4v) is 3.93. The number of carbonyl (C=O) groups is 2. The van der Waals surface area contributed by atoms with Gasteiger partial charge in [0.05, 0.1) is 6.61 Å². The molecule has 2 aliphatic rings. The number of hydrogen-bond acceptors (Lipinski definition) is 3. The Hall–Kier alpha value is -1.88. The molecular weight excluding hydrogens is 306 g/mol. The molecule has 0 aromatic heterocycles. The molecule has 3 atom stereocenters. The number of aryl methyl sites for hydroxylation is 1. The summed E-state index contributed by atoms with van der Waals surface area (Å²) < 4.78 is 5.38. The molecule has 1 heterocycles. The number of carboxylic acid groups (broad SMARTS) is 1. The Morgan fingerprint density at radius 2 is 2.08 bits per heavy atom. The van der Waals surface area contributed by atoms with Crippen LogP contribution in [-0.4, -0.2) is 36.2 Å². The van der Waals surface area contributed by atoms with Crippen LogP contribution in [0.5, 0.6) is 0 Å². The molecule has 1 fully saturated rings. The van der Waals surface area contributed by atoms with E-state index in [-0.39, 0.29) is 17.7 Å². The average Bonchev–Trinajstić information content (AvgIpc) is 2.60. The number of fused-ring (bicyclic) bond motifs is 1. The van der Waals surface area contributed by atoms with Gasteiger partial charge in [-0.25, -0.2) is 4.79 Å². The first kappa shape index (κ1) is 17.0. The lowest BCUT2D eigenvalue weighted by Crippen LogP contribution is -2.48. The van der Waals surface area contributed by atoms with Crippen LogP contribution in [-0.2, 0) is 20.7 Å². The molecule has 24 heavy (non-hydrogen) atoms. The van der Waals surface area contributed by atoms with E-state index in [0.717, 1.165) is 32.1 Å². The fourth-order valence-electron chi connectivity index (χ4n) is 3.93. The first-order valence-electron chi connectivity index (χ1n) is 8.83. The van der Waals surface area contributed by atoms with Crippen LogP contribution in [0.25, 0.3) is 0 Å². The quantitative estimate of drug-likeness (QED) is 0.869. The first-order valence-corrected chi connectivity index (χ1v) is 8.83. The van der Waals surface area contributed by atoms with E-state index in [9.17, 15) is 14.7 Å². The Balaban J connectivity index is 1.63. The van der Waals surface area contributed by atoms with Gasteiger partial charge in [0, 0.05) is 18.9 Å². The molecule has 0 saturated carbocycles. The molecule has 0 bridgehead atoms. The predicted octanol–water partition coefficient (Wildman–Crippen LogP) is 2.49. The minimum Gasteiger partial charge on any atom is -0.480 e. The maximum absolute atomic E-state index is 12.5. The molecule has 1 aromatic carbocycles. The Morgan fingerprint density at radius 3 is 2.83 bits per heavy atom. The van der Waals surface area contributed by atoms with Crippen LogP contribution in [0, 0.1) is 5.92 Å². The average molecular weight is 331 g/mol. The minimum atomic E-state index is -0.970. The topological polar surface area (TPSA) is 75.6 Å². The molecule has 1 aliphatic carbocycles. The van der Waals surface area contributed by atoms with Gasteiger partial charge >= 0.3 is 5.97 Å². The van der Waals surface area contributed by atoms with Gasteiger partial charge in [0.2, 0.25) is 5.91 Å². The van der Waals surface area contributed by atoms with Gasteiger partial charge < -0.3 is 15.2 Å². The highest BCUT2D eigenvalue weighted by Crippen LogP contribution is 2.33. The molecule has 3 rings (SSSR count). The summed E-state index contributed by atoms with van der Waals surface area (Å²) in [6.07, 6.45) is 5.10. The lowest BCUT2D eigenvalue weighted by Gasteiger charge is -2.29. The normalized spacial score (nSPS) is 24.7. The third-order valence-corrected chi connectivity index (χ3v) is 5.17. The number of carbonyl (C=O) groups excluding carboxylic acids is 1. The zero-order valence-electron chi connectivity index (χ0n) is 13.9. The Morgan fingerprint density at radius 1 is 1.25 bits per heavy atom. The van der Waals surface area contributed by atoms with E-state index in [1.54, 1.807) is 0 Å². The van der Waals surface area contributed by atoms with E-state index in [0.29, 0.717) is 19.6 Å². The van der Waals surface area contributed by atoms with Gasteiger partial charge in [-0.1, -0.05) is 24.3 Å². The fraction of sp³-hybridized carbons (Fsp3) is 0.579. The van der Waals surface area contributed by atoms with E-state index in [1.807, 2.05) is 12.1 Å². The smallest absolute Gasteiger partial charge is 0.326 e. The molecule has 1 aliphatic heterocycles. The number of rotatable bonds is 5. The van der Waals surface area contributed by atoms with E-state index < -0.39 is 12.0 Å². The molecule has 130 valence electrons. The highest BCUT2D eigenvalue weighted by molar-refractivity contribution is 5.84. The van der Waals surface area contributed by atoms with Crippen LogP contribution in [0.3, 0.4) is 0 Å². The van der Waals surface area contributed by atoms with Gasteiger partial charge in [-0.05, 0) is 49.1 Å². The molecule has 5 nitrogen and oxygen atoms in total. The maximum atomic E-state index is 12.5. The van der Waals surface area contributed by atoms with Crippen LogP contribution in [0.4, 0.5) is 0 Å². The van der Waals surface area contributed by atoms with Crippen molar-refractivity contribution in [1.82, 2.24) is 5.32 Å². The number of benzene rings is 1. The molecule has 2 N–H and O–H groups in total. The lowest BCUT2D eigenvalue weighted by molar-refractivity contribution is -0.145. The first-order chi connectivity index (χ1) is 11.6. The summed E-state index contributed by atoms with van der Waals surface area (Å²) in [6, 6.07) is 7.41. The van der Waals surface area contributed by atoms with E-state index in [2.05, 4.69) is 17.4 Å². The number of amides is 1. The number of ether oxygens (including phenoxy) is 1. The van der Waals surface area contributed by atoms with Crippen molar-refractivity contribution in [3.8, 4) is 0 Å². The second kappa shape index (κ2) is 7.79. The van der Waals surface area contributed by atoms with E-state index in [1.165, 1.54) is 11.1 Å². The zero-order valence-corrected chi connectivity index (χ0v) is 13.9. The van der Waals surface area contributed by atoms with Crippen molar-refractivity contribution in [1.29, 1.82) is 0 Å². The van der Waals surface area contributed by atoms with Crippen molar-refractivity contribution in [2.45, 2.75) is 50.5 Å². The molecule has 5 heteroatoms. The van der Waals surface area contributed by atoms with Crippen molar-refractivity contribution >= 4 is 11.9 Å². The van der Waals surface area contributed by atoms with Crippen LogP contribution in [0.1, 0.15) is 49.1 Å². The summed E-state index contributed by atoms with van der Waals surface area (Å²) in [5.74, 6) is -1.09. The van der Waals surface area contributed by atoms with E-state index in [4.69, 9.17) is 4.74 Å². The van der Waals surface area contributed by atoms with Gasteiger partial charge in [-0.2, -0.15) is 0 Å². The van der Waals surface area contributed by atoms with Crippen molar-refractivity contribution < 1.29 is 19.4 Å². The second-order valence-corrected chi connectivity index (χ2v) is 6.85. The summed E-state index contributed by atoms with van der Waals surface area (Å²) in [7, 11) is 0. The van der Waals surface area contributed by atoms with Crippen LogP contribution < -0.4 is 5.32 Å². The van der Waals surface area contributed by atoms with Crippen LogP contribution >= 0.6 is 0 Å². The standard InChI is InChI=1S/C19H25NO4/c21-17(20-18(19(22)23)15-8-4-10-24-12-15)11-14-7-3-6-13-5-1-2-9-16(13)14/h1-2,5,9,14-15,18H,3-4,6-8,10-12H2,(H,20,21)(H,22,23). The van der Waals surface area contributed by atoms with Crippen molar-refractivity contribution in [2.75, 3.05) is 13.2 Å². The van der Waals surface area contributed by atoms with Crippen LogP contribution in [0.2, 0.25) is 0 Å². The molecule has 3 unspecified atom stereocenters. The summed E-state index contributed by atoms with van der Waals surface area (Å²) in [4.78, 5) is 24.0. The largest absolute Gasteiger partial charge is 0.480 e. The Kier molecular flexibility index (Phi) is 5.51. The lowest BCUT2D eigenvalue weighted by atomic mass is 9.81.